The molecule has 1 aromatic heterocycles. The number of amides is 2. The molecule has 0 unspecified atom stereocenters. The average molecular weight is 440 g/mol. The Bertz CT molecular complexity index is 1100. The lowest BCUT2D eigenvalue weighted by Crippen LogP contribution is -2.47. The van der Waals surface area contributed by atoms with Gasteiger partial charge >= 0.3 is 6.09 Å². The SMILES string of the molecule is COc1ccc(NC(=O)[C@@H](Cc2c[nH]c3ccccc23)NC(=O)OC(C)(C)C)c(OC)c1. The molecule has 0 aliphatic carbocycles. The van der Waals surface area contributed by atoms with Crippen LogP contribution in [0.15, 0.2) is 48.7 Å². The lowest BCUT2D eigenvalue weighted by atomic mass is 10.0. The summed E-state index contributed by atoms with van der Waals surface area (Å²) >= 11 is 0. The second kappa shape index (κ2) is 9.64. The Kier molecular flexibility index (Phi) is 6.92. The van der Waals surface area contributed by atoms with Crippen molar-refractivity contribution in [3.8, 4) is 11.5 Å². The van der Waals surface area contributed by atoms with Gasteiger partial charge in [-0.15, -0.1) is 0 Å². The van der Waals surface area contributed by atoms with Gasteiger partial charge in [-0.05, 0) is 44.5 Å². The smallest absolute Gasteiger partial charge is 0.408 e. The number of para-hydroxylation sites is 1. The van der Waals surface area contributed by atoms with Crippen LogP contribution in [0.25, 0.3) is 10.9 Å². The maximum Gasteiger partial charge on any atom is 0.408 e. The lowest BCUT2D eigenvalue weighted by molar-refractivity contribution is -0.118. The van der Waals surface area contributed by atoms with Crippen LogP contribution >= 0.6 is 0 Å². The fourth-order valence-corrected chi connectivity index (χ4v) is 3.30. The second-order valence-electron chi connectivity index (χ2n) is 8.32. The number of H-pyrrole nitrogens is 1. The maximum atomic E-state index is 13.2. The van der Waals surface area contributed by atoms with Crippen LogP contribution in [0.1, 0.15) is 26.3 Å². The van der Waals surface area contributed by atoms with Crippen molar-refractivity contribution in [3.05, 3.63) is 54.2 Å². The minimum Gasteiger partial charge on any atom is -0.497 e. The Balaban J connectivity index is 1.85. The largest absolute Gasteiger partial charge is 0.497 e. The van der Waals surface area contributed by atoms with Crippen molar-refractivity contribution in [1.82, 2.24) is 10.3 Å². The number of hydrogen-bond acceptors (Lipinski definition) is 5. The zero-order valence-electron chi connectivity index (χ0n) is 18.9. The zero-order valence-corrected chi connectivity index (χ0v) is 18.9. The molecule has 1 atom stereocenters. The normalized spacial score (nSPS) is 12.2. The van der Waals surface area contributed by atoms with E-state index in [0.29, 0.717) is 17.2 Å². The quantitative estimate of drug-likeness (QED) is 0.511. The van der Waals surface area contributed by atoms with Gasteiger partial charge in [0.25, 0.3) is 0 Å². The number of rotatable bonds is 7. The fourth-order valence-electron chi connectivity index (χ4n) is 3.30. The molecule has 32 heavy (non-hydrogen) atoms. The van der Waals surface area contributed by atoms with Gasteiger partial charge in [0, 0.05) is 29.6 Å². The highest BCUT2D eigenvalue weighted by Gasteiger charge is 2.26. The molecule has 0 saturated heterocycles. The number of carbonyl (C=O) groups excluding carboxylic acids is 2. The Morgan fingerprint density at radius 3 is 2.50 bits per heavy atom. The number of anilines is 1. The average Bonchev–Trinajstić information content (AvgIpc) is 3.15. The zero-order chi connectivity index (χ0) is 23.3. The van der Waals surface area contributed by atoms with Gasteiger partial charge in [0.15, 0.2) is 0 Å². The van der Waals surface area contributed by atoms with E-state index >= 15 is 0 Å². The van der Waals surface area contributed by atoms with Crippen molar-refractivity contribution < 1.29 is 23.8 Å². The number of benzene rings is 2. The third-order valence-corrected chi connectivity index (χ3v) is 4.77. The molecule has 0 spiro atoms. The highest BCUT2D eigenvalue weighted by atomic mass is 16.6. The Labute approximate surface area is 187 Å². The van der Waals surface area contributed by atoms with E-state index in [4.69, 9.17) is 14.2 Å². The predicted octanol–water partition coefficient (Wildman–Crippen LogP) is 4.26. The first-order valence-electron chi connectivity index (χ1n) is 10.3. The number of aromatic nitrogens is 1. The topological polar surface area (TPSA) is 102 Å². The third kappa shape index (κ3) is 5.72. The van der Waals surface area contributed by atoms with Crippen LogP contribution in [0.4, 0.5) is 10.5 Å². The summed E-state index contributed by atoms with van der Waals surface area (Å²) in [6.45, 7) is 5.30. The fraction of sp³-hybridized carbons (Fsp3) is 0.333. The van der Waals surface area contributed by atoms with Gasteiger partial charge < -0.3 is 29.8 Å². The summed E-state index contributed by atoms with van der Waals surface area (Å²) in [6.07, 6.45) is 1.45. The number of ether oxygens (including phenoxy) is 3. The van der Waals surface area contributed by atoms with Gasteiger partial charge in [-0.1, -0.05) is 18.2 Å². The van der Waals surface area contributed by atoms with Gasteiger partial charge in [-0.2, -0.15) is 0 Å². The number of carbonyl (C=O) groups is 2. The van der Waals surface area contributed by atoms with Crippen molar-refractivity contribution in [2.45, 2.75) is 38.8 Å². The van der Waals surface area contributed by atoms with Gasteiger partial charge in [-0.25, -0.2) is 4.79 Å². The van der Waals surface area contributed by atoms with Crippen LogP contribution in [-0.4, -0.2) is 42.8 Å². The van der Waals surface area contributed by atoms with E-state index in [1.165, 1.54) is 7.11 Å². The summed E-state index contributed by atoms with van der Waals surface area (Å²) in [7, 11) is 3.06. The van der Waals surface area contributed by atoms with E-state index in [9.17, 15) is 9.59 Å². The van der Waals surface area contributed by atoms with E-state index < -0.39 is 23.6 Å². The monoisotopic (exact) mass is 439 g/mol. The summed E-state index contributed by atoms with van der Waals surface area (Å²) in [5.41, 5.74) is 1.63. The summed E-state index contributed by atoms with van der Waals surface area (Å²) in [6, 6.07) is 12.0. The Morgan fingerprint density at radius 1 is 1.06 bits per heavy atom. The van der Waals surface area contributed by atoms with E-state index in [0.717, 1.165) is 16.5 Å². The van der Waals surface area contributed by atoms with Crippen molar-refractivity contribution in [3.63, 3.8) is 0 Å². The molecule has 0 aliphatic rings. The molecule has 3 N–H and O–H groups in total. The first-order chi connectivity index (χ1) is 15.2. The van der Waals surface area contributed by atoms with Crippen LogP contribution < -0.4 is 20.1 Å². The highest BCUT2D eigenvalue weighted by molar-refractivity contribution is 5.98. The number of fused-ring (bicyclic) bond motifs is 1. The minimum absolute atomic E-state index is 0.271. The van der Waals surface area contributed by atoms with Crippen LogP contribution in [-0.2, 0) is 16.0 Å². The lowest BCUT2D eigenvalue weighted by Gasteiger charge is -2.23. The number of hydrogen-bond donors (Lipinski definition) is 3. The third-order valence-electron chi connectivity index (χ3n) is 4.77. The molecule has 0 radical (unpaired) electrons. The van der Waals surface area contributed by atoms with Crippen LogP contribution in [0.5, 0.6) is 11.5 Å². The minimum atomic E-state index is -0.879. The van der Waals surface area contributed by atoms with E-state index in [-0.39, 0.29) is 6.42 Å². The standard InChI is InChI=1S/C24H29N3O5/c1-24(2,3)32-23(29)27-20(12-15-14-25-18-9-7-6-8-17(15)18)22(28)26-19-11-10-16(30-4)13-21(19)31-5/h6-11,13-14,20,25H,12H2,1-5H3,(H,26,28)(H,27,29)/t20-/m1/s1. The number of methoxy groups -OCH3 is 2. The van der Waals surface area contributed by atoms with Crippen molar-refractivity contribution in [2.75, 3.05) is 19.5 Å². The van der Waals surface area contributed by atoms with E-state index in [1.807, 2.05) is 30.5 Å². The van der Waals surface area contributed by atoms with E-state index in [2.05, 4.69) is 15.6 Å². The summed E-state index contributed by atoms with van der Waals surface area (Å²) < 4.78 is 15.9. The van der Waals surface area contributed by atoms with Gasteiger partial charge in [0.1, 0.15) is 23.1 Å². The molecule has 8 nitrogen and oxygen atoms in total. The first-order valence-corrected chi connectivity index (χ1v) is 10.3. The van der Waals surface area contributed by atoms with E-state index in [1.54, 1.807) is 46.1 Å². The first kappa shape index (κ1) is 23.0. The van der Waals surface area contributed by atoms with Gasteiger partial charge in [0.2, 0.25) is 5.91 Å². The summed E-state index contributed by atoms with van der Waals surface area (Å²) in [5.74, 6) is 0.646. The molecule has 3 rings (SSSR count). The molecule has 2 aromatic carbocycles. The van der Waals surface area contributed by atoms with Crippen LogP contribution in [0.2, 0.25) is 0 Å². The molecular weight excluding hydrogens is 410 g/mol. The molecule has 170 valence electrons. The molecule has 2 amide bonds. The van der Waals surface area contributed by atoms with Crippen molar-refractivity contribution in [1.29, 1.82) is 0 Å². The number of nitrogens with one attached hydrogen (secondary N) is 3. The molecule has 0 bridgehead atoms. The highest BCUT2D eigenvalue weighted by Crippen LogP contribution is 2.29. The van der Waals surface area contributed by atoms with Crippen molar-refractivity contribution >= 4 is 28.6 Å². The Hall–Kier alpha value is -3.68. The number of alkyl carbamates (subject to hydrolysis) is 1. The summed E-state index contributed by atoms with van der Waals surface area (Å²) in [4.78, 5) is 28.9. The molecule has 3 aromatic rings. The summed E-state index contributed by atoms with van der Waals surface area (Å²) in [5, 5.41) is 6.53. The van der Waals surface area contributed by atoms with Gasteiger partial charge in [0.05, 0.1) is 19.9 Å². The van der Waals surface area contributed by atoms with Crippen molar-refractivity contribution in [2.24, 2.45) is 0 Å². The second-order valence-corrected chi connectivity index (χ2v) is 8.32. The maximum absolute atomic E-state index is 13.2. The van der Waals surface area contributed by atoms with Crippen LogP contribution in [0.3, 0.4) is 0 Å². The van der Waals surface area contributed by atoms with Crippen LogP contribution in [0, 0.1) is 0 Å². The predicted molar refractivity (Wildman–Crippen MR) is 123 cm³/mol. The molecule has 8 heteroatoms. The molecule has 0 fully saturated rings. The molecule has 1 heterocycles. The molecule has 0 saturated carbocycles. The van der Waals surface area contributed by atoms with Gasteiger partial charge in [-0.3, -0.25) is 4.79 Å². The molecule has 0 aliphatic heterocycles. The Morgan fingerprint density at radius 2 is 1.81 bits per heavy atom. The number of aromatic amines is 1. The molecular formula is C24H29N3O5.